The van der Waals surface area contributed by atoms with Crippen molar-refractivity contribution in [2.24, 2.45) is 0 Å². The van der Waals surface area contributed by atoms with Crippen LogP contribution in [0.2, 0.25) is 0 Å². The molecule has 1 heterocycles. The highest BCUT2D eigenvalue weighted by atomic mass is 79.9. The Morgan fingerprint density at radius 1 is 1.07 bits per heavy atom. The molecular formula is C20H18BrNO5. The van der Waals surface area contributed by atoms with Gasteiger partial charge in [0.05, 0.1) is 25.8 Å². The van der Waals surface area contributed by atoms with Crippen LogP contribution >= 0.6 is 15.9 Å². The SMILES string of the molecule is COc1ccc(C2/C(=C(\O)c3ccc(Br)cc3)C(=O)C(=O)N2C)c(OC)c1. The van der Waals surface area contributed by atoms with Crippen LogP contribution in [0, 0.1) is 0 Å². The molecule has 0 bridgehead atoms. The van der Waals surface area contributed by atoms with Gasteiger partial charge in [0.15, 0.2) is 0 Å². The Morgan fingerprint density at radius 2 is 1.74 bits per heavy atom. The van der Waals surface area contributed by atoms with Crippen LogP contribution in [-0.4, -0.2) is 43.0 Å². The average molecular weight is 432 g/mol. The van der Waals surface area contributed by atoms with Gasteiger partial charge in [-0.1, -0.05) is 28.1 Å². The number of likely N-dealkylation sites (N-methyl/N-ethyl adjacent to an activating group) is 1. The van der Waals surface area contributed by atoms with Gasteiger partial charge in [-0.2, -0.15) is 0 Å². The summed E-state index contributed by atoms with van der Waals surface area (Å²) in [5.74, 6) is -0.614. The number of aliphatic hydroxyl groups is 1. The number of aliphatic hydroxyl groups excluding tert-OH is 1. The third kappa shape index (κ3) is 3.30. The van der Waals surface area contributed by atoms with Gasteiger partial charge in [0.2, 0.25) is 0 Å². The van der Waals surface area contributed by atoms with Gasteiger partial charge in [-0.3, -0.25) is 9.59 Å². The lowest BCUT2D eigenvalue weighted by atomic mass is 9.94. The van der Waals surface area contributed by atoms with Crippen molar-refractivity contribution >= 4 is 33.4 Å². The van der Waals surface area contributed by atoms with E-state index in [4.69, 9.17) is 9.47 Å². The molecule has 0 aliphatic carbocycles. The smallest absolute Gasteiger partial charge is 0.295 e. The molecular weight excluding hydrogens is 414 g/mol. The third-order valence-corrected chi connectivity index (χ3v) is 5.06. The van der Waals surface area contributed by atoms with Crippen molar-refractivity contribution in [3.63, 3.8) is 0 Å². The Balaban J connectivity index is 2.20. The highest BCUT2D eigenvalue weighted by Gasteiger charge is 2.45. The molecule has 1 N–H and O–H groups in total. The van der Waals surface area contributed by atoms with Gasteiger partial charge in [-0.15, -0.1) is 0 Å². The summed E-state index contributed by atoms with van der Waals surface area (Å²) in [6.45, 7) is 0. The van der Waals surface area contributed by atoms with Gasteiger partial charge in [-0.05, 0) is 24.3 Å². The molecule has 1 aliphatic heterocycles. The Labute approximate surface area is 165 Å². The number of halogens is 1. The van der Waals surface area contributed by atoms with Crippen LogP contribution < -0.4 is 9.47 Å². The van der Waals surface area contributed by atoms with Crippen LogP contribution in [0.1, 0.15) is 17.2 Å². The molecule has 3 rings (SSSR count). The zero-order valence-corrected chi connectivity index (χ0v) is 16.6. The van der Waals surface area contributed by atoms with Crippen molar-refractivity contribution in [2.45, 2.75) is 6.04 Å². The number of carbonyl (C=O) groups excluding carboxylic acids is 2. The maximum absolute atomic E-state index is 12.6. The zero-order valence-electron chi connectivity index (χ0n) is 15.0. The molecule has 0 aromatic heterocycles. The first-order valence-corrected chi connectivity index (χ1v) is 8.90. The van der Waals surface area contributed by atoms with Gasteiger partial charge in [0, 0.05) is 28.7 Å². The van der Waals surface area contributed by atoms with Crippen molar-refractivity contribution in [1.82, 2.24) is 4.90 Å². The number of benzene rings is 2. The Morgan fingerprint density at radius 3 is 2.33 bits per heavy atom. The fraction of sp³-hybridized carbons (Fsp3) is 0.200. The number of hydrogen-bond donors (Lipinski definition) is 1. The predicted molar refractivity (Wildman–Crippen MR) is 104 cm³/mol. The number of nitrogens with zero attached hydrogens (tertiary/aromatic N) is 1. The number of ether oxygens (including phenoxy) is 2. The van der Waals surface area contributed by atoms with E-state index in [1.807, 2.05) is 0 Å². The maximum Gasteiger partial charge on any atom is 0.295 e. The Bertz CT molecular complexity index is 936. The Kier molecular flexibility index (Phi) is 5.23. The van der Waals surface area contributed by atoms with Crippen molar-refractivity contribution in [2.75, 3.05) is 21.3 Å². The molecule has 1 unspecified atom stereocenters. The van der Waals surface area contributed by atoms with Gasteiger partial charge in [-0.25, -0.2) is 0 Å². The third-order valence-electron chi connectivity index (χ3n) is 4.53. The lowest BCUT2D eigenvalue weighted by Gasteiger charge is -2.23. The standard InChI is InChI=1S/C20H18BrNO5/c1-22-17(14-9-8-13(26-2)10-15(14)27-3)16(19(24)20(22)25)18(23)11-4-6-12(21)7-5-11/h4-10,17,23H,1-3H3/b18-16+. The van der Waals surface area contributed by atoms with Crippen LogP contribution in [0.25, 0.3) is 5.76 Å². The number of ketones is 1. The summed E-state index contributed by atoms with van der Waals surface area (Å²) >= 11 is 3.33. The minimum absolute atomic E-state index is 0.0216. The minimum atomic E-state index is -0.769. The molecule has 140 valence electrons. The second-order valence-corrected chi connectivity index (χ2v) is 6.94. The van der Waals surface area contributed by atoms with Crippen molar-refractivity contribution in [3.8, 4) is 11.5 Å². The average Bonchev–Trinajstić information content (AvgIpc) is 2.91. The maximum atomic E-state index is 12.6. The fourth-order valence-electron chi connectivity index (χ4n) is 3.12. The topological polar surface area (TPSA) is 76.1 Å². The highest BCUT2D eigenvalue weighted by Crippen LogP contribution is 2.42. The summed E-state index contributed by atoms with van der Waals surface area (Å²) in [6, 6.07) is 11.2. The van der Waals surface area contributed by atoms with Gasteiger partial charge >= 0.3 is 0 Å². The molecule has 1 atom stereocenters. The molecule has 1 aliphatic rings. The molecule has 6 nitrogen and oxygen atoms in total. The zero-order chi connectivity index (χ0) is 19.7. The van der Waals surface area contributed by atoms with Crippen molar-refractivity contribution in [3.05, 3.63) is 63.6 Å². The van der Waals surface area contributed by atoms with E-state index in [-0.39, 0.29) is 11.3 Å². The molecule has 0 saturated carbocycles. The van der Waals surface area contributed by atoms with Crippen LogP contribution in [0.15, 0.2) is 52.5 Å². The molecule has 7 heteroatoms. The quantitative estimate of drug-likeness (QED) is 0.455. The first-order valence-electron chi connectivity index (χ1n) is 8.11. The fourth-order valence-corrected chi connectivity index (χ4v) is 3.38. The molecule has 1 amide bonds. The van der Waals surface area contributed by atoms with Gasteiger partial charge in [0.1, 0.15) is 17.3 Å². The van der Waals surface area contributed by atoms with E-state index in [0.717, 1.165) is 4.47 Å². The molecule has 0 spiro atoms. The predicted octanol–water partition coefficient (Wildman–Crippen LogP) is 3.52. The van der Waals surface area contributed by atoms with E-state index in [2.05, 4.69) is 15.9 Å². The summed E-state index contributed by atoms with van der Waals surface area (Å²) in [6.07, 6.45) is 0. The number of rotatable bonds is 4. The molecule has 1 saturated heterocycles. The summed E-state index contributed by atoms with van der Waals surface area (Å²) in [5, 5.41) is 10.8. The minimum Gasteiger partial charge on any atom is -0.507 e. The number of methoxy groups -OCH3 is 2. The van der Waals surface area contributed by atoms with Crippen LogP contribution in [-0.2, 0) is 9.59 Å². The van der Waals surface area contributed by atoms with E-state index in [1.165, 1.54) is 26.2 Å². The van der Waals surface area contributed by atoms with E-state index >= 15 is 0 Å². The number of likely N-dealkylation sites (tertiary alicyclic amines) is 1. The largest absolute Gasteiger partial charge is 0.507 e. The molecule has 0 radical (unpaired) electrons. The molecule has 1 fully saturated rings. The van der Waals surface area contributed by atoms with Crippen molar-refractivity contribution < 1.29 is 24.2 Å². The number of carbonyl (C=O) groups is 2. The lowest BCUT2D eigenvalue weighted by molar-refractivity contribution is -0.139. The Hall–Kier alpha value is -2.80. The highest BCUT2D eigenvalue weighted by molar-refractivity contribution is 9.10. The molecule has 2 aromatic carbocycles. The molecule has 27 heavy (non-hydrogen) atoms. The van der Waals surface area contributed by atoms with Crippen molar-refractivity contribution in [1.29, 1.82) is 0 Å². The lowest BCUT2D eigenvalue weighted by Crippen LogP contribution is -2.25. The van der Waals surface area contributed by atoms with Crippen LogP contribution in [0.5, 0.6) is 11.5 Å². The van der Waals surface area contributed by atoms with E-state index < -0.39 is 17.7 Å². The van der Waals surface area contributed by atoms with E-state index in [9.17, 15) is 14.7 Å². The van der Waals surface area contributed by atoms with Crippen LogP contribution in [0.3, 0.4) is 0 Å². The van der Waals surface area contributed by atoms with Gasteiger partial charge < -0.3 is 19.5 Å². The summed E-state index contributed by atoms with van der Waals surface area (Å²) in [7, 11) is 4.55. The summed E-state index contributed by atoms with van der Waals surface area (Å²) in [4.78, 5) is 26.3. The van der Waals surface area contributed by atoms with E-state index in [0.29, 0.717) is 22.6 Å². The van der Waals surface area contributed by atoms with Crippen LogP contribution in [0.4, 0.5) is 0 Å². The first kappa shape index (κ1) is 19.0. The van der Waals surface area contributed by atoms with E-state index in [1.54, 1.807) is 42.5 Å². The number of Topliss-reactive ketones (excluding diaryl/α,β-unsaturated/α-hetero) is 1. The number of hydrogen-bond acceptors (Lipinski definition) is 5. The normalized spacial score (nSPS) is 18.7. The second-order valence-electron chi connectivity index (χ2n) is 6.02. The second kappa shape index (κ2) is 7.44. The summed E-state index contributed by atoms with van der Waals surface area (Å²) in [5.41, 5.74) is 1.05. The summed E-state index contributed by atoms with van der Waals surface area (Å²) < 4.78 is 11.5. The first-order chi connectivity index (χ1) is 12.9. The number of amides is 1. The monoisotopic (exact) mass is 431 g/mol. The van der Waals surface area contributed by atoms with Gasteiger partial charge in [0.25, 0.3) is 11.7 Å². The molecule has 2 aromatic rings.